The van der Waals surface area contributed by atoms with Crippen molar-refractivity contribution in [2.45, 2.75) is 19.7 Å². The van der Waals surface area contributed by atoms with Gasteiger partial charge in [-0.25, -0.2) is 0 Å². The van der Waals surface area contributed by atoms with Gasteiger partial charge in [0.05, 0.1) is 0 Å². The van der Waals surface area contributed by atoms with Crippen LogP contribution in [0, 0.1) is 0 Å². The average Bonchev–Trinajstić information content (AvgIpc) is 2.64. The van der Waals surface area contributed by atoms with Crippen LogP contribution in [0.2, 0.25) is 15.1 Å². The van der Waals surface area contributed by atoms with Gasteiger partial charge in [0.2, 0.25) is 0 Å². The maximum absolute atomic E-state index is 6.16. The maximum Gasteiger partial charge on any atom is 0.119 e. The first kappa shape index (κ1) is 19.1. The topological polar surface area (TPSA) is 21.3 Å². The van der Waals surface area contributed by atoms with Crippen molar-refractivity contribution in [3.63, 3.8) is 0 Å². The molecule has 0 heterocycles. The molecule has 3 aromatic rings. The average molecular weight is 407 g/mol. The normalized spacial score (nSPS) is 10.7. The van der Waals surface area contributed by atoms with E-state index in [0.29, 0.717) is 16.7 Å². The fourth-order valence-electron chi connectivity index (χ4n) is 2.51. The summed E-state index contributed by atoms with van der Waals surface area (Å²) in [5, 5.41) is 5.39. The largest absolute Gasteiger partial charge is 0.489 e. The van der Waals surface area contributed by atoms with Gasteiger partial charge in [-0.1, -0.05) is 71.2 Å². The van der Waals surface area contributed by atoms with Crippen LogP contribution in [0.5, 0.6) is 5.75 Å². The van der Waals surface area contributed by atoms with E-state index >= 15 is 0 Å². The van der Waals surface area contributed by atoms with Gasteiger partial charge in [-0.15, -0.1) is 0 Å². The predicted molar refractivity (Wildman–Crippen MR) is 109 cm³/mol. The number of halogens is 3. The van der Waals surface area contributed by atoms with Crippen LogP contribution in [0.1, 0.15) is 16.7 Å². The molecule has 134 valence electrons. The Morgan fingerprint density at radius 2 is 1.35 bits per heavy atom. The van der Waals surface area contributed by atoms with Crippen molar-refractivity contribution in [3.8, 4) is 5.75 Å². The molecular weight excluding hydrogens is 389 g/mol. The first-order chi connectivity index (χ1) is 12.6. The molecule has 0 saturated heterocycles. The van der Waals surface area contributed by atoms with Crippen molar-refractivity contribution in [1.29, 1.82) is 0 Å². The number of hydrogen-bond acceptors (Lipinski definition) is 2. The zero-order valence-electron chi connectivity index (χ0n) is 14.0. The lowest BCUT2D eigenvalue weighted by molar-refractivity contribution is 0.306. The fraction of sp³-hybridized carbons (Fsp3) is 0.143. The van der Waals surface area contributed by atoms with Gasteiger partial charge in [-0.3, -0.25) is 0 Å². The highest BCUT2D eigenvalue weighted by molar-refractivity contribution is 6.36. The number of rotatable bonds is 7. The molecule has 0 atom stereocenters. The minimum atomic E-state index is 0.336. The Morgan fingerprint density at radius 1 is 0.692 bits per heavy atom. The van der Waals surface area contributed by atoms with Gasteiger partial charge >= 0.3 is 0 Å². The van der Waals surface area contributed by atoms with E-state index in [0.717, 1.165) is 35.0 Å². The van der Waals surface area contributed by atoms with Crippen molar-refractivity contribution in [2.75, 3.05) is 0 Å². The molecule has 0 radical (unpaired) electrons. The zero-order valence-corrected chi connectivity index (χ0v) is 16.3. The molecule has 0 aromatic heterocycles. The lowest BCUT2D eigenvalue weighted by Gasteiger charge is -2.10. The van der Waals surface area contributed by atoms with Crippen LogP contribution in [0.4, 0.5) is 0 Å². The van der Waals surface area contributed by atoms with Crippen LogP contribution in [-0.2, 0) is 19.7 Å². The van der Waals surface area contributed by atoms with Crippen LogP contribution in [0.25, 0.3) is 0 Å². The molecule has 0 bridgehead atoms. The van der Waals surface area contributed by atoms with Crippen molar-refractivity contribution >= 4 is 34.8 Å². The maximum atomic E-state index is 6.16. The second-order valence-electron chi connectivity index (χ2n) is 5.83. The zero-order chi connectivity index (χ0) is 18.4. The second kappa shape index (κ2) is 9.29. The third-order valence-corrected chi connectivity index (χ3v) is 5.05. The van der Waals surface area contributed by atoms with Crippen molar-refractivity contribution in [3.05, 3.63) is 98.5 Å². The highest BCUT2D eigenvalue weighted by atomic mass is 35.5. The van der Waals surface area contributed by atoms with Gasteiger partial charge in [0.15, 0.2) is 0 Å². The Labute approximate surface area is 168 Å². The fourth-order valence-corrected chi connectivity index (χ4v) is 3.22. The Balaban J connectivity index is 1.51. The van der Waals surface area contributed by atoms with E-state index in [9.17, 15) is 0 Å². The first-order valence-electron chi connectivity index (χ1n) is 8.22. The highest BCUT2D eigenvalue weighted by Gasteiger charge is 2.06. The number of ether oxygens (including phenoxy) is 1. The Kier molecular flexibility index (Phi) is 6.81. The smallest absolute Gasteiger partial charge is 0.119 e. The summed E-state index contributed by atoms with van der Waals surface area (Å²) in [4.78, 5) is 0. The van der Waals surface area contributed by atoms with E-state index in [1.54, 1.807) is 12.1 Å². The third-order valence-electron chi connectivity index (χ3n) is 3.97. The summed E-state index contributed by atoms with van der Waals surface area (Å²) >= 11 is 18.5. The van der Waals surface area contributed by atoms with Crippen LogP contribution in [-0.4, -0.2) is 0 Å². The molecule has 3 rings (SSSR count). The van der Waals surface area contributed by atoms with Gasteiger partial charge in [-0.2, -0.15) is 0 Å². The molecule has 26 heavy (non-hydrogen) atoms. The van der Waals surface area contributed by atoms with Crippen LogP contribution in [0.3, 0.4) is 0 Å². The molecule has 0 aliphatic rings. The Morgan fingerprint density at radius 3 is 2.04 bits per heavy atom. The standard InChI is InChI=1S/C21H18Cl3NO/c22-19-5-2-1-4-16(19)13-25-12-15-8-10-17(11-9-15)26-14-18-20(23)6-3-7-21(18)24/h1-11,25H,12-14H2. The summed E-state index contributed by atoms with van der Waals surface area (Å²) in [5.41, 5.74) is 3.05. The minimum Gasteiger partial charge on any atom is -0.489 e. The molecule has 0 aliphatic carbocycles. The Hall–Kier alpha value is -1.71. The number of hydrogen-bond donors (Lipinski definition) is 1. The van der Waals surface area contributed by atoms with Crippen molar-refractivity contribution in [2.24, 2.45) is 0 Å². The molecular formula is C21H18Cl3NO. The SMILES string of the molecule is Clc1ccccc1CNCc1ccc(OCc2c(Cl)cccc2Cl)cc1. The van der Waals surface area contributed by atoms with E-state index in [1.165, 1.54) is 5.56 Å². The summed E-state index contributed by atoms with van der Waals surface area (Å²) < 4.78 is 5.79. The van der Waals surface area contributed by atoms with Gasteiger partial charge in [0.25, 0.3) is 0 Å². The monoisotopic (exact) mass is 405 g/mol. The van der Waals surface area contributed by atoms with E-state index in [2.05, 4.69) is 5.32 Å². The van der Waals surface area contributed by atoms with Crippen LogP contribution in [0.15, 0.2) is 66.7 Å². The third kappa shape index (κ3) is 5.15. The molecule has 0 fully saturated rings. The van der Waals surface area contributed by atoms with Gasteiger partial charge in [0.1, 0.15) is 12.4 Å². The molecule has 2 nitrogen and oxygen atoms in total. The van der Waals surface area contributed by atoms with Gasteiger partial charge in [0, 0.05) is 33.7 Å². The minimum absolute atomic E-state index is 0.336. The molecule has 0 amide bonds. The lowest BCUT2D eigenvalue weighted by atomic mass is 10.2. The molecule has 0 spiro atoms. The second-order valence-corrected chi connectivity index (χ2v) is 7.05. The quantitative estimate of drug-likeness (QED) is 0.482. The predicted octanol–water partition coefficient (Wildman–Crippen LogP) is 6.52. The summed E-state index contributed by atoms with van der Waals surface area (Å²) in [7, 11) is 0. The first-order valence-corrected chi connectivity index (χ1v) is 9.35. The highest BCUT2D eigenvalue weighted by Crippen LogP contribution is 2.26. The van der Waals surface area contributed by atoms with E-state index in [1.807, 2.05) is 54.6 Å². The molecule has 0 saturated carbocycles. The number of nitrogens with one attached hydrogen (secondary N) is 1. The van der Waals surface area contributed by atoms with E-state index in [-0.39, 0.29) is 0 Å². The van der Waals surface area contributed by atoms with Crippen LogP contribution >= 0.6 is 34.8 Å². The molecule has 3 aromatic carbocycles. The lowest BCUT2D eigenvalue weighted by Crippen LogP contribution is -2.12. The number of benzene rings is 3. The van der Waals surface area contributed by atoms with E-state index < -0.39 is 0 Å². The summed E-state index contributed by atoms with van der Waals surface area (Å²) in [5.74, 6) is 0.774. The van der Waals surface area contributed by atoms with Gasteiger partial charge in [-0.05, 0) is 41.5 Å². The Bertz CT molecular complexity index is 845. The van der Waals surface area contributed by atoms with Crippen molar-refractivity contribution < 1.29 is 4.74 Å². The van der Waals surface area contributed by atoms with E-state index in [4.69, 9.17) is 39.5 Å². The molecule has 5 heteroatoms. The van der Waals surface area contributed by atoms with Gasteiger partial charge < -0.3 is 10.1 Å². The molecule has 1 N–H and O–H groups in total. The summed E-state index contributed by atoms with van der Waals surface area (Å²) in [6, 6.07) is 21.2. The summed E-state index contributed by atoms with van der Waals surface area (Å²) in [6.45, 7) is 1.81. The molecule has 0 unspecified atom stereocenters. The molecule has 0 aliphatic heterocycles. The van der Waals surface area contributed by atoms with Crippen LogP contribution < -0.4 is 10.1 Å². The van der Waals surface area contributed by atoms with Crippen molar-refractivity contribution in [1.82, 2.24) is 5.32 Å². The summed E-state index contributed by atoms with van der Waals surface area (Å²) in [6.07, 6.45) is 0.